The van der Waals surface area contributed by atoms with Crippen LogP contribution in [0.1, 0.15) is 25.3 Å². The molecule has 0 bridgehead atoms. The second-order valence-corrected chi connectivity index (χ2v) is 6.55. The maximum atomic E-state index is 9.59. The van der Waals surface area contributed by atoms with Crippen LogP contribution in [0.25, 0.3) is 0 Å². The number of aromatic hydroxyl groups is 1. The lowest BCUT2D eigenvalue weighted by Gasteiger charge is -2.39. The molecule has 1 heterocycles. The predicted octanol–water partition coefficient (Wildman–Crippen LogP) is 3.07. The fraction of sp³-hybridized carbons (Fsp3) is 0.600. The molecule has 0 radical (unpaired) electrons. The lowest BCUT2D eigenvalue weighted by atomic mass is 9.97. The highest BCUT2D eigenvalue weighted by atomic mass is 79.9. The van der Waals surface area contributed by atoms with Crippen molar-refractivity contribution in [2.45, 2.75) is 38.4 Å². The normalized spacial score (nSPS) is 24.9. The third kappa shape index (κ3) is 3.71. The monoisotopic (exact) mass is 326 g/mol. The summed E-state index contributed by atoms with van der Waals surface area (Å²) in [5.74, 6) is 0.336. The van der Waals surface area contributed by atoms with Crippen molar-refractivity contribution in [2.24, 2.45) is 0 Å². The van der Waals surface area contributed by atoms with Gasteiger partial charge in [-0.1, -0.05) is 15.9 Å². The number of phenolic OH excluding ortho intramolecular Hbond substituents is 1. The Hall–Kier alpha value is -0.580. The quantitative estimate of drug-likeness (QED) is 0.924. The molecule has 1 fully saturated rings. The minimum Gasteiger partial charge on any atom is -0.508 e. The summed E-state index contributed by atoms with van der Waals surface area (Å²) in [6.07, 6.45) is 2.43. The average Bonchev–Trinajstić information content (AvgIpc) is 2.37. The van der Waals surface area contributed by atoms with Crippen molar-refractivity contribution in [1.82, 2.24) is 9.80 Å². The summed E-state index contributed by atoms with van der Waals surface area (Å²) in [4.78, 5) is 4.83. The number of likely N-dealkylation sites (tertiary alicyclic amines) is 1. The van der Waals surface area contributed by atoms with Crippen LogP contribution < -0.4 is 0 Å². The highest BCUT2D eigenvalue weighted by molar-refractivity contribution is 9.10. The molecule has 0 aromatic heterocycles. The smallest absolute Gasteiger partial charge is 0.115 e. The van der Waals surface area contributed by atoms with Gasteiger partial charge in [0.15, 0.2) is 0 Å². The molecule has 1 aliphatic heterocycles. The highest BCUT2D eigenvalue weighted by Crippen LogP contribution is 2.26. The molecule has 1 saturated heterocycles. The third-order valence-electron chi connectivity index (χ3n) is 4.25. The van der Waals surface area contributed by atoms with Gasteiger partial charge in [0.25, 0.3) is 0 Å². The Morgan fingerprint density at radius 3 is 2.89 bits per heavy atom. The van der Waals surface area contributed by atoms with Crippen molar-refractivity contribution in [3.63, 3.8) is 0 Å². The number of benzene rings is 1. The van der Waals surface area contributed by atoms with Crippen LogP contribution in [0.4, 0.5) is 0 Å². The molecule has 4 heteroatoms. The summed E-state index contributed by atoms with van der Waals surface area (Å²) < 4.78 is 1.07. The van der Waals surface area contributed by atoms with E-state index in [2.05, 4.69) is 46.7 Å². The number of hydrogen-bond donors (Lipinski definition) is 1. The topological polar surface area (TPSA) is 26.7 Å². The van der Waals surface area contributed by atoms with E-state index in [1.54, 1.807) is 6.07 Å². The van der Waals surface area contributed by atoms with Gasteiger partial charge >= 0.3 is 0 Å². The molecule has 3 nitrogen and oxygen atoms in total. The highest BCUT2D eigenvalue weighted by Gasteiger charge is 2.25. The number of rotatable bonds is 3. The third-order valence-corrected chi connectivity index (χ3v) is 5.03. The molecular weight excluding hydrogens is 304 g/mol. The Morgan fingerprint density at radius 2 is 2.21 bits per heavy atom. The Morgan fingerprint density at radius 1 is 1.47 bits per heavy atom. The van der Waals surface area contributed by atoms with E-state index in [0.29, 0.717) is 17.8 Å². The molecule has 0 amide bonds. The number of hydrogen-bond acceptors (Lipinski definition) is 3. The molecule has 1 aromatic carbocycles. The van der Waals surface area contributed by atoms with E-state index in [9.17, 15) is 5.11 Å². The first-order chi connectivity index (χ1) is 8.97. The summed E-state index contributed by atoms with van der Waals surface area (Å²) in [5.41, 5.74) is 1.15. The van der Waals surface area contributed by atoms with E-state index in [4.69, 9.17) is 0 Å². The Kier molecular flexibility index (Phi) is 4.87. The minimum atomic E-state index is 0.336. The van der Waals surface area contributed by atoms with E-state index in [1.165, 1.54) is 12.8 Å². The van der Waals surface area contributed by atoms with Gasteiger partial charge in [0.2, 0.25) is 0 Å². The maximum Gasteiger partial charge on any atom is 0.115 e. The molecule has 19 heavy (non-hydrogen) atoms. The first-order valence-electron chi connectivity index (χ1n) is 6.85. The molecule has 1 N–H and O–H groups in total. The molecule has 0 unspecified atom stereocenters. The first-order valence-corrected chi connectivity index (χ1v) is 7.64. The van der Waals surface area contributed by atoms with E-state index >= 15 is 0 Å². The molecule has 0 aliphatic carbocycles. The summed E-state index contributed by atoms with van der Waals surface area (Å²) in [6, 6.07) is 6.74. The van der Waals surface area contributed by atoms with Gasteiger partial charge < -0.3 is 10.0 Å². The molecular formula is C15H23BrN2O. The van der Waals surface area contributed by atoms with Crippen LogP contribution in [-0.4, -0.2) is 47.6 Å². The summed E-state index contributed by atoms with van der Waals surface area (Å²) >= 11 is 3.56. The van der Waals surface area contributed by atoms with Crippen molar-refractivity contribution >= 4 is 15.9 Å². The van der Waals surface area contributed by atoms with Crippen molar-refractivity contribution in [3.8, 4) is 5.75 Å². The largest absolute Gasteiger partial charge is 0.508 e. The fourth-order valence-electron chi connectivity index (χ4n) is 2.75. The van der Waals surface area contributed by atoms with Crippen molar-refractivity contribution in [3.05, 3.63) is 28.2 Å². The van der Waals surface area contributed by atoms with E-state index < -0.39 is 0 Å². The zero-order valence-corrected chi connectivity index (χ0v) is 13.5. The van der Waals surface area contributed by atoms with Gasteiger partial charge in [0, 0.05) is 23.1 Å². The Labute approximate surface area is 124 Å². The van der Waals surface area contributed by atoms with Gasteiger partial charge in [-0.3, -0.25) is 4.90 Å². The van der Waals surface area contributed by atoms with Crippen LogP contribution in [0.3, 0.4) is 0 Å². The standard InChI is InChI=1S/C15H23BrN2O/c1-11-8-13(6-7-17(11)2)18(3)10-12-9-14(19)4-5-15(12)16/h4-5,9,11,13,19H,6-8,10H2,1-3H3/t11-,13-/m0/s1. The number of halogens is 1. The van der Waals surface area contributed by atoms with Gasteiger partial charge in [-0.05, 0) is 64.2 Å². The molecule has 2 rings (SSSR count). The van der Waals surface area contributed by atoms with Crippen molar-refractivity contribution in [1.29, 1.82) is 0 Å². The lowest BCUT2D eigenvalue weighted by molar-refractivity contribution is 0.101. The van der Waals surface area contributed by atoms with Crippen LogP contribution in [0, 0.1) is 0 Å². The zero-order valence-electron chi connectivity index (χ0n) is 11.9. The number of nitrogens with zero attached hydrogens (tertiary/aromatic N) is 2. The lowest BCUT2D eigenvalue weighted by Crippen LogP contribution is -2.46. The second-order valence-electron chi connectivity index (χ2n) is 5.70. The predicted molar refractivity (Wildman–Crippen MR) is 82.4 cm³/mol. The number of phenols is 1. The average molecular weight is 327 g/mol. The zero-order chi connectivity index (χ0) is 14.0. The van der Waals surface area contributed by atoms with Crippen LogP contribution in [0.15, 0.2) is 22.7 Å². The van der Waals surface area contributed by atoms with Gasteiger partial charge in [0.05, 0.1) is 0 Å². The van der Waals surface area contributed by atoms with Crippen LogP contribution in [-0.2, 0) is 6.54 Å². The summed E-state index contributed by atoms with van der Waals surface area (Å²) in [7, 11) is 4.38. The Balaban J connectivity index is 2.01. The molecule has 1 aliphatic rings. The minimum absolute atomic E-state index is 0.336. The van der Waals surface area contributed by atoms with E-state index in [1.807, 2.05) is 12.1 Å². The Bertz CT molecular complexity index is 438. The van der Waals surface area contributed by atoms with Gasteiger partial charge in [-0.15, -0.1) is 0 Å². The van der Waals surface area contributed by atoms with Crippen molar-refractivity contribution < 1.29 is 5.11 Å². The maximum absolute atomic E-state index is 9.59. The van der Waals surface area contributed by atoms with Crippen LogP contribution in [0.5, 0.6) is 5.75 Å². The van der Waals surface area contributed by atoms with Crippen molar-refractivity contribution in [2.75, 3.05) is 20.6 Å². The fourth-order valence-corrected chi connectivity index (χ4v) is 3.12. The summed E-state index contributed by atoms with van der Waals surface area (Å²) in [5, 5.41) is 9.59. The van der Waals surface area contributed by atoms with E-state index in [0.717, 1.165) is 23.1 Å². The molecule has 0 spiro atoms. The van der Waals surface area contributed by atoms with Gasteiger partial charge in [0.1, 0.15) is 5.75 Å². The molecule has 1 aromatic rings. The first kappa shape index (κ1) is 14.8. The molecule has 0 saturated carbocycles. The molecule has 2 atom stereocenters. The van der Waals surface area contributed by atoms with Gasteiger partial charge in [-0.2, -0.15) is 0 Å². The SMILES string of the molecule is C[C@H]1C[C@@H](N(C)Cc2cc(O)ccc2Br)CCN1C. The second kappa shape index (κ2) is 6.25. The summed E-state index contributed by atoms with van der Waals surface area (Å²) in [6.45, 7) is 4.33. The van der Waals surface area contributed by atoms with Crippen LogP contribution in [0.2, 0.25) is 0 Å². The van der Waals surface area contributed by atoms with Crippen LogP contribution >= 0.6 is 15.9 Å². The van der Waals surface area contributed by atoms with E-state index in [-0.39, 0.29) is 0 Å². The molecule has 106 valence electrons. The van der Waals surface area contributed by atoms with Gasteiger partial charge in [-0.25, -0.2) is 0 Å². The number of piperidine rings is 1.